The molecule has 64 valence electrons. The van der Waals surface area contributed by atoms with Crippen LogP contribution in [0.1, 0.15) is 0 Å². The molecule has 0 saturated carbocycles. The molecule has 1 N–H and O–H groups in total. The number of para-hydroxylation sites is 2. The average molecular weight is 173 g/mol. The lowest BCUT2D eigenvalue weighted by atomic mass is 10.3. The maximum atomic E-state index is 11.3. The van der Waals surface area contributed by atoms with E-state index >= 15 is 0 Å². The fraction of sp³-hybridized carbons (Fsp3) is 0.111. The number of nitrogens with one attached hydrogen (secondary N) is 1. The number of aromatic amines is 1. The first-order chi connectivity index (χ1) is 6.33. The van der Waals surface area contributed by atoms with Crippen molar-refractivity contribution in [2.24, 2.45) is 0 Å². The molecule has 0 fully saturated rings. The molecule has 0 bridgehead atoms. The average Bonchev–Trinajstić information content (AvgIpc) is 2.44. The third-order valence-corrected chi connectivity index (χ3v) is 1.91. The highest BCUT2D eigenvalue weighted by atomic mass is 16.1. The highest BCUT2D eigenvalue weighted by Crippen LogP contribution is 2.07. The summed E-state index contributed by atoms with van der Waals surface area (Å²) >= 11 is 0. The van der Waals surface area contributed by atoms with Crippen molar-refractivity contribution < 1.29 is 0 Å². The molecule has 0 aliphatic carbocycles. The molecule has 1 heterocycles. The second-order valence-corrected chi connectivity index (χ2v) is 2.69. The van der Waals surface area contributed by atoms with E-state index < -0.39 is 0 Å². The fourth-order valence-electron chi connectivity index (χ4n) is 1.33. The minimum atomic E-state index is -0.234. The summed E-state index contributed by atoms with van der Waals surface area (Å²) in [6, 6.07) is 9.25. The number of hydrogen-bond acceptors (Lipinski definition) is 2. The summed E-state index contributed by atoms with van der Waals surface area (Å²) in [5, 5.41) is 8.50. The van der Waals surface area contributed by atoms with Gasteiger partial charge >= 0.3 is 5.69 Å². The molecule has 0 aliphatic heterocycles. The van der Waals surface area contributed by atoms with Gasteiger partial charge in [0.15, 0.2) is 0 Å². The number of rotatable bonds is 1. The van der Waals surface area contributed by atoms with E-state index in [1.165, 1.54) is 4.57 Å². The number of hydrogen-bond donors (Lipinski definition) is 1. The molecule has 0 unspecified atom stereocenters. The zero-order chi connectivity index (χ0) is 9.26. The number of aromatic nitrogens is 2. The van der Waals surface area contributed by atoms with Gasteiger partial charge in [0.05, 0.1) is 17.1 Å². The van der Waals surface area contributed by atoms with Gasteiger partial charge < -0.3 is 4.98 Å². The Labute approximate surface area is 74.0 Å². The Bertz CT molecular complexity index is 530. The highest BCUT2D eigenvalue weighted by molar-refractivity contribution is 5.74. The second kappa shape index (κ2) is 2.79. The number of nitriles is 1. The van der Waals surface area contributed by atoms with Gasteiger partial charge in [-0.05, 0) is 12.1 Å². The van der Waals surface area contributed by atoms with E-state index in [2.05, 4.69) is 4.98 Å². The summed E-state index contributed by atoms with van der Waals surface area (Å²) < 4.78 is 1.41. The summed E-state index contributed by atoms with van der Waals surface area (Å²) in [7, 11) is 0. The lowest BCUT2D eigenvalue weighted by Crippen LogP contribution is -2.15. The number of imidazole rings is 1. The largest absolute Gasteiger partial charge is 0.327 e. The van der Waals surface area contributed by atoms with Gasteiger partial charge in [-0.25, -0.2) is 4.79 Å². The number of fused-ring (bicyclic) bond motifs is 1. The van der Waals surface area contributed by atoms with Crippen LogP contribution in [0.2, 0.25) is 0 Å². The molecule has 0 spiro atoms. The minimum absolute atomic E-state index is 0.0862. The Hall–Kier alpha value is -2.02. The summed E-state index contributed by atoms with van der Waals surface area (Å²) in [4.78, 5) is 14.0. The third-order valence-electron chi connectivity index (χ3n) is 1.91. The van der Waals surface area contributed by atoms with Gasteiger partial charge in [0, 0.05) is 0 Å². The van der Waals surface area contributed by atoms with Crippen molar-refractivity contribution in [3.05, 3.63) is 34.7 Å². The predicted octanol–water partition coefficient (Wildman–Crippen LogP) is 0.853. The fourth-order valence-corrected chi connectivity index (χ4v) is 1.33. The molecule has 0 radical (unpaired) electrons. The first kappa shape index (κ1) is 7.62. The molecule has 4 heteroatoms. The second-order valence-electron chi connectivity index (χ2n) is 2.69. The highest BCUT2D eigenvalue weighted by Gasteiger charge is 2.03. The van der Waals surface area contributed by atoms with Crippen LogP contribution in [0.25, 0.3) is 11.0 Å². The molecule has 0 amide bonds. The Morgan fingerprint density at radius 2 is 2.23 bits per heavy atom. The Morgan fingerprint density at radius 3 is 3.00 bits per heavy atom. The molecule has 0 aliphatic rings. The van der Waals surface area contributed by atoms with Crippen molar-refractivity contribution in [2.45, 2.75) is 6.54 Å². The van der Waals surface area contributed by atoms with E-state index in [0.29, 0.717) is 0 Å². The van der Waals surface area contributed by atoms with Crippen molar-refractivity contribution >= 4 is 11.0 Å². The standard InChI is InChI=1S/C9H7N3O/c10-5-6-12-8-4-2-1-3-7(8)11-9(12)13/h1-4H,6H2,(H,11,13). The van der Waals surface area contributed by atoms with Crippen LogP contribution < -0.4 is 5.69 Å². The van der Waals surface area contributed by atoms with Crippen LogP contribution in [0.3, 0.4) is 0 Å². The van der Waals surface area contributed by atoms with Gasteiger partial charge in [-0.2, -0.15) is 5.26 Å². The van der Waals surface area contributed by atoms with E-state index in [0.717, 1.165) is 11.0 Å². The van der Waals surface area contributed by atoms with E-state index in [4.69, 9.17) is 5.26 Å². The Kier molecular flexibility index (Phi) is 1.64. The summed E-state index contributed by atoms with van der Waals surface area (Å²) in [6.07, 6.45) is 0. The first-order valence-corrected chi connectivity index (χ1v) is 3.87. The normalized spacial score (nSPS) is 10.1. The molecule has 0 atom stereocenters. The van der Waals surface area contributed by atoms with Crippen molar-refractivity contribution in [1.82, 2.24) is 9.55 Å². The van der Waals surface area contributed by atoms with E-state index in [-0.39, 0.29) is 12.2 Å². The predicted molar refractivity (Wildman–Crippen MR) is 48.2 cm³/mol. The molecule has 0 saturated heterocycles. The van der Waals surface area contributed by atoms with Crippen LogP contribution >= 0.6 is 0 Å². The molecule has 13 heavy (non-hydrogen) atoms. The van der Waals surface area contributed by atoms with Gasteiger partial charge in [0.2, 0.25) is 0 Å². The van der Waals surface area contributed by atoms with Gasteiger partial charge in [-0.15, -0.1) is 0 Å². The zero-order valence-corrected chi connectivity index (χ0v) is 6.82. The van der Waals surface area contributed by atoms with Crippen LogP contribution in [0.4, 0.5) is 0 Å². The molecule has 4 nitrogen and oxygen atoms in total. The van der Waals surface area contributed by atoms with E-state index in [9.17, 15) is 4.79 Å². The van der Waals surface area contributed by atoms with Crippen LogP contribution in [0.5, 0.6) is 0 Å². The quantitative estimate of drug-likeness (QED) is 0.695. The first-order valence-electron chi connectivity index (χ1n) is 3.87. The Balaban J connectivity index is 2.80. The third kappa shape index (κ3) is 1.11. The van der Waals surface area contributed by atoms with Crippen molar-refractivity contribution in [3.63, 3.8) is 0 Å². The lowest BCUT2D eigenvalue weighted by Gasteiger charge is -1.93. The van der Waals surface area contributed by atoms with Crippen molar-refractivity contribution in [2.75, 3.05) is 0 Å². The summed E-state index contributed by atoms with van der Waals surface area (Å²) in [5.74, 6) is 0. The van der Waals surface area contributed by atoms with Crippen LogP contribution in [-0.4, -0.2) is 9.55 Å². The smallest absolute Gasteiger partial charge is 0.306 e. The van der Waals surface area contributed by atoms with Crippen LogP contribution in [-0.2, 0) is 6.54 Å². The number of benzene rings is 1. The molecular formula is C9H7N3O. The maximum Gasteiger partial charge on any atom is 0.327 e. The minimum Gasteiger partial charge on any atom is -0.306 e. The Morgan fingerprint density at radius 1 is 1.46 bits per heavy atom. The zero-order valence-electron chi connectivity index (χ0n) is 6.82. The van der Waals surface area contributed by atoms with E-state index in [1.807, 2.05) is 30.3 Å². The van der Waals surface area contributed by atoms with Crippen molar-refractivity contribution in [3.8, 4) is 6.07 Å². The van der Waals surface area contributed by atoms with Crippen molar-refractivity contribution in [1.29, 1.82) is 5.26 Å². The summed E-state index contributed by atoms with van der Waals surface area (Å²) in [5.41, 5.74) is 1.31. The van der Waals surface area contributed by atoms with Gasteiger partial charge in [0.1, 0.15) is 6.54 Å². The molecule has 2 aromatic rings. The lowest BCUT2D eigenvalue weighted by molar-refractivity contribution is 0.817. The number of H-pyrrole nitrogens is 1. The number of nitrogens with zero attached hydrogens (tertiary/aromatic N) is 2. The molecule has 1 aromatic carbocycles. The molecular weight excluding hydrogens is 166 g/mol. The van der Waals surface area contributed by atoms with Gasteiger partial charge in [-0.1, -0.05) is 12.1 Å². The summed E-state index contributed by atoms with van der Waals surface area (Å²) in [6.45, 7) is 0.0862. The maximum absolute atomic E-state index is 11.3. The van der Waals surface area contributed by atoms with Gasteiger partial charge in [0.25, 0.3) is 0 Å². The topological polar surface area (TPSA) is 61.6 Å². The molecule has 2 rings (SSSR count). The SMILES string of the molecule is N#CCn1c(=O)[nH]c2ccccc21. The van der Waals surface area contributed by atoms with Crippen LogP contribution in [0, 0.1) is 11.3 Å². The van der Waals surface area contributed by atoms with E-state index in [1.54, 1.807) is 0 Å². The van der Waals surface area contributed by atoms with Gasteiger partial charge in [-0.3, -0.25) is 4.57 Å². The van der Waals surface area contributed by atoms with Crippen LogP contribution in [0.15, 0.2) is 29.1 Å². The molecule has 1 aromatic heterocycles. The monoisotopic (exact) mass is 173 g/mol.